The standard InChI is InChI=1S/C19H27N3O2S/c1-13(2)11-15(18(23)21-10-6-5-9-20)22-19(24)17-12-14-7-3-4-8-16(14)25-17/h3-4,7-8,12-13,15H,5-6,9-11,20H2,1-2H3,(H,21,23)(H,22,24). The summed E-state index contributed by atoms with van der Waals surface area (Å²) in [6.45, 7) is 5.29. The van der Waals surface area contributed by atoms with E-state index in [1.807, 2.05) is 44.2 Å². The molecule has 25 heavy (non-hydrogen) atoms. The van der Waals surface area contributed by atoms with Gasteiger partial charge in [0.1, 0.15) is 6.04 Å². The van der Waals surface area contributed by atoms with Gasteiger partial charge in [0.2, 0.25) is 5.91 Å². The van der Waals surface area contributed by atoms with Crippen LogP contribution in [0.15, 0.2) is 30.3 Å². The number of hydrogen-bond acceptors (Lipinski definition) is 4. The lowest BCUT2D eigenvalue weighted by Crippen LogP contribution is -2.47. The Hall–Kier alpha value is -1.92. The number of thiophene rings is 1. The maximum atomic E-state index is 12.6. The third kappa shape index (κ3) is 5.83. The maximum Gasteiger partial charge on any atom is 0.262 e. The van der Waals surface area contributed by atoms with E-state index in [1.54, 1.807) is 0 Å². The van der Waals surface area contributed by atoms with E-state index < -0.39 is 6.04 Å². The zero-order valence-corrected chi connectivity index (χ0v) is 15.7. The van der Waals surface area contributed by atoms with Gasteiger partial charge >= 0.3 is 0 Å². The second-order valence-corrected chi connectivity index (χ2v) is 7.67. The van der Waals surface area contributed by atoms with Crippen LogP contribution in [0.4, 0.5) is 0 Å². The summed E-state index contributed by atoms with van der Waals surface area (Å²) in [5, 5.41) is 6.85. The van der Waals surface area contributed by atoms with Crippen molar-refractivity contribution in [3.8, 4) is 0 Å². The first kappa shape index (κ1) is 19.4. The molecule has 2 aromatic rings. The second-order valence-electron chi connectivity index (χ2n) is 6.59. The molecule has 0 aliphatic carbocycles. The van der Waals surface area contributed by atoms with Gasteiger partial charge in [-0.1, -0.05) is 32.0 Å². The lowest BCUT2D eigenvalue weighted by molar-refractivity contribution is -0.123. The first-order valence-corrected chi connectivity index (χ1v) is 9.60. The lowest BCUT2D eigenvalue weighted by Gasteiger charge is -2.20. The van der Waals surface area contributed by atoms with E-state index in [1.165, 1.54) is 11.3 Å². The van der Waals surface area contributed by atoms with Crippen LogP contribution in [0.2, 0.25) is 0 Å². The summed E-state index contributed by atoms with van der Waals surface area (Å²) in [6.07, 6.45) is 2.34. The van der Waals surface area contributed by atoms with Crippen LogP contribution in [0.3, 0.4) is 0 Å². The van der Waals surface area contributed by atoms with E-state index in [9.17, 15) is 9.59 Å². The monoisotopic (exact) mass is 361 g/mol. The Morgan fingerprint density at radius 2 is 1.96 bits per heavy atom. The number of benzene rings is 1. The summed E-state index contributed by atoms with van der Waals surface area (Å²) in [4.78, 5) is 25.6. The number of carbonyl (C=O) groups is 2. The summed E-state index contributed by atoms with van der Waals surface area (Å²) in [7, 11) is 0. The van der Waals surface area contributed by atoms with Crippen LogP contribution in [0.5, 0.6) is 0 Å². The van der Waals surface area contributed by atoms with E-state index in [0.717, 1.165) is 22.9 Å². The smallest absolute Gasteiger partial charge is 0.262 e. The molecule has 0 bridgehead atoms. The Labute approximate surface area is 153 Å². The fourth-order valence-electron chi connectivity index (χ4n) is 2.63. The second kappa shape index (κ2) is 9.53. The minimum absolute atomic E-state index is 0.125. The molecule has 0 saturated heterocycles. The maximum absolute atomic E-state index is 12.6. The minimum atomic E-state index is -0.518. The van der Waals surface area contributed by atoms with Crippen LogP contribution < -0.4 is 16.4 Å². The van der Waals surface area contributed by atoms with E-state index in [4.69, 9.17) is 5.73 Å². The van der Waals surface area contributed by atoms with Crippen LogP contribution in [-0.2, 0) is 4.79 Å². The van der Waals surface area contributed by atoms with Crippen molar-refractivity contribution in [2.24, 2.45) is 11.7 Å². The average Bonchev–Trinajstić information content (AvgIpc) is 3.01. The molecular weight excluding hydrogens is 334 g/mol. The molecule has 0 spiro atoms. The summed E-state index contributed by atoms with van der Waals surface area (Å²) >= 11 is 1.44. The number of carbonyl (C=O) groups excluding carboxylic acids is 2. The first-order chi connectivity index (χ1) is 12.0. The Morgan fingerprint density at radius 3 is 2.64 bits per heavy atom. The predicted molar refractivity (Wildman–Crippen MR) is 104 cm³/mol. The van der Waals surface area contributed by atoms with Crippen molar-refractivity contribution in [1.82, 2.24) is 10.6 Å². The van der Waals surface area contributed by atoms with Gasteiger partial charge in [0.25, 0.3) is 5.91 Å². The highest BCUT2D eigenvalue weighted by Crippen LogP contribution is 2.25. The number of nitrogens with one attached hydrogen (secondary N) is 2. The third-order valence-electron chi connectivity index (χ3n) is 3.91. The van der Waals surface area contributed by atoms with E-state index in [2.05, 4.69) is 10.6 Å². The molecule has 1 unspecified atom stereocenters. The van der Waals surface area contributed by atoms with Gasteiger partial charge < -0.3 is 16.4 Å². The summed E-state index contributed by atoms with van der Waals surface area (Å²) < 4.78 is 1.07. The Bertz CT molecular complexity index is 679. The quantitative estimate of drug-likeness (QED) is 0.601. The highest BCUT2D eigenvalue weighted by atomic mass is 32.1. The van der Waals surface area contributed by atoms with Crippen LogP contribution >= 0.6 is 11.3 Å². The molecule has 0 fully saturated rings. The predicted octanol–water partition coefficient (Wildman–Crippen LogP) is 2.90. The van der Waals surface area contributed by atoms with Gasteiger partial charge in [0.15, 0.2) is 0 Å². The molecule has 1 aromatic heterocycles. The molecule has 0 radical (unpaired) electrons. The fraction of sp³-hybridized carbons (Fsp3) is 0.474. The largest absolute Gasteiger partial charge is 0.354 e. The van der Waals surface area contributed by atoms with Crippen molar-refractivity contribution in [1.29, 1.82) is 0 Å². The van der Waals surface area contributed by atoms with Gasteiger partial charge in [-0.2, -0.15) is 0 Å². The molecule has 2 amide bonds. The molecule has 0 saturated carbocycles. The number of amides is 2. The average molecular weight is 362 g/mol. The van der Waals surface area contributed by atoms with E-state index in [-0.39, 0.29) is 11.8 Å². The third-order valence-corrected chi connectivity index (χ3v) is 5.02. The highest BCUT2D eigenvalue weighted by molar-refractivity contribution is 7.20. The van der Waals surface area contributed by atoms with Gasteiger partial charge in [-0.25, -0.2) is 0 Å². The Balaban J connectivity index is 2.02. The molecule has 5 nitrogen and oxygen atoms in total. The molecule has 136 valence electrons. The van der Waals surface area contributed by atoms with Crippen LogP contribution in [-0.4, -0.2) is 30.9 Å². The van der Waals surface area contributed by atoms with Gasteiger partial charge in [-0.05, 0) is 49.2 Å². The molecule has 0 aliphatic rings. The van der Waals surface area contributed by atoms with E-state index >= 15 is 0 Å². The molecule has 6 heteroatoms. The van der Waals surface area contributed by atoms with Crippen molar-refractivity contribution in [3.05, 3.63) is 35.2 Å². The van der Waals surface area contributed by atoms with Crippen LogP contribution in [0, 0.1) is 5.92 Å². The number of fused-ring (bicyclic) bond motifs is 1. The number of rotatable bonds is 9. The zero-order valence-electron chi connectivity index (χ0n) is 14.9. The van der Waals surface area contributed by atoms with Crippen molar-refractivity contribution in [2.75, 3.05) is 13.1 Å². The SMILES string of the molecule is CC(C)CC(NC(=O)c1cc2ccccc2s1)C(=O)NCCCCN. The topological polar surface area (TPSA) is 84.2 Å². The summed E-state index contributed by atoms with van der Waals surface area (Å²) in [6, 6.07) is 9.24. The summed E-state index contributed by atoms with van der Waals surface area (Å²) in [5.74, 6) is -0.00774. The summed E-state index contributed by atoms with van der Waals surface area (Å²) in [5.41, 5.74) is 5.46. The van der Waals surface area contributed by atoms with Gasteiger partial charge in [0.05, 0.1) is 4.88 Å². The van der Waals surface area contributed by atoms with Crippen molar-refractivity contribution in [3.63, 3.8) is 0 Å². The Morgan fingerprint density at radius 1 is 1.20 bits per heavy atom. The van der Waals surface area contributed by atoms with Crippen LogP contribution in [0.1, 0.15) is 42.8 Å². The highest BCUT2D eigenvalue weighted by Gasteiger charge is 2.23. The van der Waals surface area contributed by atoms with Crippen molar-refractivity contribution < 1.29 is 9.59 Å². The fourth-order valence-corrected chi connectivity index (χ4v) is 3.60. The number of unbranched alkanes of at least 4 members (excludes halogenated alkanes) is 1. The number of nitrogens with two attached hydrogens (primary N) is 1. The minimum Gasteiger partial charge on any atom is -0.354 e. The lowest BCUT2D eigenvalue weighted by atomic mass is 10.0. The van der Waals surface area contributed by atoms with Gasteiger partial charge in [-0.3, -0.25) is 9.59 Å². The first-order valence-electron chi connectivity index (χ1n) is 8.78. The molecule has 0 aliphatic heterocycles. The van der Waals surface area contributed by atoms with Gasteiger partial charge in [-0.15, -0.1) is 11.3 Å². The number of hydrogen-bond donors (Lipinski definition) is 3. The molecule has 4 N–H and O–H groups in total. The normalized spacial score (nSPS) is 12.3. The molecule has 1 atom stereocenters. The van der Waals surface area contributed by atoms with Crippen molar-refractivity contribution >= 4 is 33.2 Å². The van der Waals surface area contributed by atoms with E-state index in [0.29, 0.717) is 30.3 Å². The molecular formula is C19H27N3O2S. The van der Waals surface area contributed by atoms with Gasteiger partial charge in [0, 0.05) is 11.2 Å². The molecule has 2 rings (SSSR count). The molecule has 1 heterocycles. The van der Waals surface area contributed by atoms with Crippen molar-refractivity contribution in [2.45, 2.75) is 39.2 Å². The Kier molecular flexibility index (Phi) is 7.40. The van der Waals surface area contributed by atoms with Crippen LogP contribution in [0.25, 0.3) is 10.1 Å². The molecule has 1 aromatic carbocycles. The zero-order chi connectivity index (χ0) is 18.2.